The number of aromatic nitrogens is 1. The maximum absolute atomic E-state index is 12.3. The van der Waals surface area contributed by atoms with Crippen molar-refractivity contribution in [1.82, 2.24) is 9.88 Å². The smallest absolute Gasteiger partial charge is 0.410 e. The molecule has 1 aliphatic heterocycles. The predicted octanol–water partition coefficient (Wildman–Crippen LogP) is 6.93. The molecule has 0 saturated carbocycles. The van der Waals surface area contributed by atoms with E-state index in [1.807, 2.05) is 26.8 Å². The molecule has 178 valence electrons. The number of aryl methyl sites for hydroxylation is 1. The number of hydrogen-bond acceptors (Lipinski definition) is 5. The molecule has 1 aromatic carbocycles. The summed E-state index contributed by atoms with van der Waals surface area (Å²) >= 11 is 0. The number of rotatable bonds is 11. The van der Waals surface area contributed by atoms with E-state index in [0.717, 1.165) is 23.9 Å². The summed E-state index contributed by atoms with van der Waals surface area (Å²) in [5.41, 5.74) is 2.54. The summed E-state index contributed by atoms with van der Waals surface area (Å²) in [6.45, 7) is 9.19. The quantitative estimate of drug-likeness (QED) is 0.381. The molecule has 1 aliphatic rings. The number of fused-ring (bicyclic) bond motifs is 1. The third kappa shape index (κ3) is 7.72. The third-order valence-electron chi connectivity index (χ3n) is 5.94. The number of nitrogens with one attached hydrogen (secondary N) is 1. The van der Waals surface area contributed by atoms with Crippen LogP contribution in [-0.2, 0) is 11.2 Å². The highest BCUT2D eigenvalue weighted by Crippen LogP contribution is 2.24. The average Bonchev–Trinajstić information content (AvgIpc) is 3.35. The Hall–Kier alpha value is -2.24. The van der Waals surface area contributed by atoms with Crippen LogP contribution in [0.25, 0.3) is 11.1 Å². The van der Waals surface area contributed by atoms with Crippen LogP contribution in [0.4, 0.5) is 10.8 Å². The summed E-state index contributed by atoms with van der Waals surface area (Å²) in [5.74, 6) is 0. The zero-order chi connectivity index (χ0) is 23.0. The van der Waals surface area contributed by atoms with Gasteiger partial charge in [0.25, 0.3) is 6.01 Å². The van der Waals surface area contributed by atoms with Crippen LogP contribution in [0.1, 0.15) is 91.0 Å². The monoisotopic (exact) mass is 443 g/mol. The normalized spacial score (nSPS) is 16.6. The van der Waals surface area contributed by atoms with Gasteiger partial charge in [-0.2, -0.15) is 4.98 Å². The molecule has 6 nitrogen and oxygen atoms in total. The summed E-state index contributed by atoms with van der Waals surface area (Å²) in [7, 11) is 0. The van der Waals surface area contributed by atoms with E-state index in [1.165, 1.54) is 56.9 Å². The lowest BCUT2D eigenvalue weighted by Gasteiger charge is -2.24. The number of hydrogen-bond donors (Lipinski definition) is 1. The van der Waals surface area contributed by atoms with Crippen LogP contribution in [0.3, 0.4) is 0 Å². The van der Waals surface area contributed by atoms with Gasteiger partial charge in [-0.1, -0.05) is 57.9 Å². The molecule has 2 heterocycles. The molecule has 0 radical (unpaired) electrons. The maximum Gasteiger partial charge on any atom is 0.410 e. The topological polar surface area (TPSA) is 67.6 Å². The lowest BCUT2D eigenvalue weighted by molar-refractivity contribution is 0.0293. The molecule has 6 heteroatoms. The molecule has 1 N–H and O–H groups in total. The molecule has 0 unspecified atom stereocenters. The largest absolute Gasteiger partial charge is 0.444 e. The highest BCUT2D eigenvalue weighted by molar-refractivity contribution is 5.75. The fraction of sp³-hybridized carbons (Fsp3) is 0.692. The molecule has 1 aromatic heterocycles. The zero-order valence-electron chi connectivity index (χ0n) is 20.4. The minimum Gasteiger partial charge on any atom is -0.444 e. The first-order valence-electron chi connectivity index (χ1n) is 12.5. The van der Waals surface area contributed by atoms with Gasteiger partial charge in [0.15, 0.2) is 5.58 Å². The Kier molecular flexibility index (Phi) is 8.83. The van der Waals surface area contributed by atoms with Gasteiger partial charge in [-0.3, -0.25) is 0 Å². The Morgan fingerprint density at radius 1 is 1.16 bits per heavy atom. The summed E-state index contributed by atoms with van der Waals surface area (Å²) in [4.78, 5) is 18.6. The predicted molar refractivity (Wildman–Crippen MR) is 130 cm³/mol. The number of benzene rings is 1. The van der Waals surface area contributed by atoms with Gasteiger partial charge in [0.05, 0.1) is 0 Å². The van der Waals surface area contributed by atoms with Crippen LogP contribution in [0, 0.1) is 0 Å². The van der Waals surface area contributed by atoms with Gasteiger partial charge in [-0.25, -0.2) is 4.79 Å². The highest BCUT2D eigenvalue weighted by atomic mass is 16.6. The first kappa shape index (κ1) is 24.4. The Morgan fingerprint density at radius 3 is 2.59 bits per heavy atom. The molecule has 1 saturated heterocycles. The molecule has 0 spiro atoms. The third-order valence-corrected chi connectivity index (χ3v) is 5.94. The van der Waals surface area contributed by atoms with E-state index >= 15 is 0 Å². The van der Waals surface area contributed by atoms with E-state index in [1.54, 1.807) is 4.90 Å². The minimum absolute atomic E-state index is 0.118. The molecule has 0 bridgehead atoms. The van der Waals surface area contributed by atoms with Crippen LogP contribution in [0.15, 0.2) is 22.6 Å². The first-order valence-corrected chi connectivity index (χ1v) is 12.5. The molecular formula is C26H41N3O3. The second-order valence-corrected chi connectivity index (χ2v) is 10.1. The number of nitrogens with zero attached hydrogens (tertiary/aromatic N) is 2. The molecule has 3 rings (SSSR count). The van der Waals surface area contributed by atoms with Crippen molar-refractivity contribution in [2.75, 3.05) is 18.4 Å². The standard InChI is InChI=1S/C26H41N3O3/c1-5-6-7-8-9-10-11-12-13-20-14-15-23-22(18-20)28-24(31-23)27-21-16-17-29(19-21)25(30)32-26(2,3)4/h14-15,18,21H,5-13,16-17,19H2,1-4H3,(H,27,28)/t21-/m0/s1. The van der Waals surface area contributed by atoms with Crippen LogP contribution in [0.2, 0.25) is 0 Å². The van der Waals surface area contributed by atoms with E-state index < -0.39 is 5.60 Å². The van der Waals surface area contributed by atoms with Gasteiger partial charge in [0, 0.05) is 19.1 Å². The van der Waals surface area contributed by atoms with Gasteiger partial charge in [0.1, 0.15) is 11.1 Å². The lowest BCUT2D eigenvalue weighted by atomic mass is 10.0. The zero-order valence-corrected chi connectivity index (χ0v) is 20.4. The summed E-state index contributed by atoms with van der Waals surface area (Å²) < 4.78 is 11.4. The number of carbonyl (C=O) groups is 1. The SMILES string of the molecule is CCCCCCCCCCc1ccc2oc(N[C@H]3CCN(C(=O)OC(C)(C)C)C3)nc2c1. The van der Waals surface area contributed by atoms with E-state index in [0.29, 0.717) is 19.1 Å². The first-order chi connectivity index (χ1) is 15.3. The minimum atomic E-state index is -0.477. The van der Waals surface area contributed by atoms with Crippen molar-refractivity contribution in [3.63, 3.8) is 0 Å². The van der Waals surface area contributed by atoms with E-state index in [-0.39, 0.29) is 12.1 Å². The Balaban J connectivity index is 1.43. The van der Waals surface area contributed by atoms with Gasteiger partial charge < -0.3 is 19.4 Å². The van der Waals surface area contributed by atoms with Crippen molar-refractivity contribution in [2.24, 2.45) is 0 Å². The number of unbranched alkanes of at least 4 members (excludes halogenated alkanes) is 7. The molecule has 2 aromatic rings. The fourth-order valence-electron chi connectivity index (χ4n) is 4.20. The van der Waals surface area contributed by atoms with Crippen molar-refractivity contribution >= 4 is 23.2 Å². The Bertz CT molecular complexity index is 856. The van der Waals surface area contributed by atoms with Crippen molar-refractivity contribution in [2.45, 2.75) is 104 Å². The van der Waals surface area contributed by atoms with E-state index in [2.05, 4.69) is 29.4 Å². The van der Waals surface area contributed by atoms with Crippen molar-refractivity contribution < 1.29 is 13.9 Å². The van der Waals surface area contributed by atoms with Crippen LogP contribution in [-0.4, -0.2) is 40.7 Å². The number of amides is 1. The average molecular weight is 444 g/mol. The molecule has 32 heavy (non-hydrogen) atoms. The van der Waals surface area contributed by atoms with E-state index in [9.17, 15) is 4.79 Å². The van der Waals surface area contributed by atoms with Gasteiger partial charge in [-0.05, 0) is 57.7 Å². The van der Waals surface area contributed by atoms with Crippen molar-refractivity contribution in [3.8, 4) is 0 Å². The molecule has 1 atom stereocenters. The van der Waals surface area contributed by atoms with Crippen LogP contribution >= 0.6 is 0 Å². The van der Waals surface area contributed by atoms with Crippen LogP contribution in [0.5, 0.6) is 0 Å². The Labute approximate surface area is 193 Å². The van der Waals surface area contributed by atoms with E-state index in [4.69, 9.17) is 9.15 Å². The summed E-state index contributed by atoms with van der Waals surface area (Å²) in [6.07, 6.45) is 12.4. The molecule has 1 fully saturated rings. The summed E-state index contributed by atoms with van der Waals surface area (Å²) in [5, 5.41) is 3.35. The van der Waals surface area contributed by atoms with Gasteiger partial charge in [-0.15, -0.1) is 0 Å². The molecule has 0 aliphatic carbocycles. The summed E-state index contributed by atoms with van der Waals surface area (Å²) in [6, 6.07) is 6.97. The number of oxazole rings is 1. The number of carbonyl (C=O) groups excluding carboxylic acids is 1. The van der Waals surface area contributed by atoms with Crippen molar-refractivity contribution in [3.05, 3.63) is 23.8 Å². The second-order valence-electron chi connectivity index (χ2n) is 10.1. The van der Waals surface area contributed by atoms with Crippen LogP contribution < -0.4 is 5.32 Å². The maximum atomic E-state index is 12.3. The second kappa shape index (κ2) is 11.6. The number of anilines is 1. The molecule has 1 amide bonds. The Morgan fingerprint density at radius 2 is 1.88 bits per heavy atom. The fourth-order valence-corrected chi connectivity index (χ4v) is 4.20. The van der Waals surface area contributed by atoms with Gasteiger partial charge in [0.2, 0.25) is 0 Å². The van der Waals surface area contributed by atoms with Crippen molar-refractivity contribution in [1.29, 1.82) is 0 Å². The van der Waals surface area contributed by atoms with Gasteiger partial charge >= 0.3 is 6.09 Å². The highest BCUT2D eigenvalue weighted by Gasteiger charge is 2.30. The number of likely N-dealkylation sites (tertiary alicyclic amines) is 1. The lowest BCUT2D eigenvalue weighted by Crippen LogP contribution is -2.36. The number of ether oxygens (including phenoxy) is 1. The molecular weight excluding hydrogens is 402 g/mol.